The summed E-state index contributed by atoms with van der Waals surface area (Å²) in [6.07, 6.45) is 2.51. The van der Waals surface area contributed by atoms with Crippen molar-refractivity contribution in [2.45, 2.75) is 139 Å². The van der Waals surface area contributed by atoms with Crippen molar-refractivity contribution in [2.75, 3.05) is 19.6 Å². The zero-order chi connectivity index (χ0) is 40.0. The number of nitrogens with zero attached hydrogens (tertiary/aromatic N) is 3. The van der Waals surface area contributed by atoms with E-state index in [0.29, 0.717) is 32.4 Å². The fourth-order valence-corrected chi connectivity index (χ4v) is 8.00. The van der Waals surface area contributed by atoms with E-state index in [1.54, 1.807) is 62.3 Å². The number of alkyl halides is 2. The first kappa shape index (κ1) is 43.3. The molecule has 3 heterocycles. The van der Waals surface area contributed by atoms with Gasteiger partial charge < -0.3 is 29.5 Å². The van der Waals surface area contributed by atoms with Gasteiger partial charge in [-0.2, -0.15) is 0 Å². The number of carbonyl (C=O) groups excluding carboxylic acids is 3. The van der Waals surface area contributed by atoms with E-state index in [0.717, 1.165) is 24.8 Å². The van der Waals surface area contributed by atoms with Crippen LogP contribution in [-0.2, 0) is 28.6 Å². The molecule has 0 radical (unpaired) electrons. The molecule has 4 atom stereocenters. The highest BCUT2D eigenvalue weighted by molar-refractivity contribution is 9.25. The number of ether oxygens (including phenoxy) is 3. The van der Waals surface area contributed by atoms with Gasteiger partial charge in [0.15, 0.2) is 0 Å². The van der Waals surface area contributed by atoms with Crippen LogP contribution < -0.4 is 0 Å². The van der Waals surface area contributed by atoms with Crippen molar-refractivity contribution in [2.24, 2.45) is 10.8 Å². The van der Waals surface area contributed by atoms with E-state index in [1.165, 1.54) is 14.7 Å². The molecule has 52 heavy (non-hydrogen) atoms. The minimum atomic E-state index is -1.02. The molecule has 0 aromatic heterocycles. The Kier molecular flexibility index (Phi) is 12.5. The van der Waals surface area contributed by atoms with E-state index in [1.807, 2.05) is 0 Å². The second-order valence-electron chi connectivity index (χ2n) is 17.4. The van der Waals surface area contributed by atoms with Gasteiger partial charge in [-0.15, -0.1) is 0 Å². The van der Waals surface area contributed by atoms with Crippen molar-refractivity contribution >= 4 is 68.0 Å². The summed E-state index contributed by atoms with van der Waals surface area (Å²) in [6, 6.07) is -2.37. The number of carbonyl (C=O) groups is 6. The van der Waals surface area contributed by atoms with Crippen LogP contribution in [0.25, 0.3) is 0 Å². The molecular formula is C35H53Br2N3O12. The fourth-order valence-electron chi connectivity index (χ4n) is 6.35. The van der Waals surface area contributed by atoms with Crippen molar-refractivity contribution in [3.63, 3.8) is 0 Å². The number of carboxylic acids is 3. The van der Waals surface area contributed by atoms with Crippen LogP contribution in [0.1, 0.15) is 101 Å². The van der Waals surface area contributed by atoms with E-state index in [4.69, 9.17) is 24.4 Å². The molecule has 3 amide bonds. The Morgan fingerprint density at radius 1 is 0.654 bits per heavy atom. The molecule has 17 heteroatoms. The van der Waals surface area contributed by atoms with Gasteiger partial charge in [0, 0.05) is 31.5 Å². The molecule has 1 unspecified atom stereocenters. The third kappa shape index (κ3) is 11.2. The number of hydrogen-bond donors (Lipinski definition) is 3. The number of amides is 3. The van der Waals surface area contributed by atoms with Gasteiger partial charge >= 0.3 is 36.2 Å². The molecule has 3 N–H and O–H groups in total. The highest BCUT2D eigenvalue weighted by Gasteiger charge is 2.70. The Balaban J connectivity index is 0.000000211. The second kappa shape index (κ2) is 15.0. The number of carboxylic acid groups (broad SMARTS) is 3. The molecule has 5 aliphatic rings. The summed E-state index contributed by atoms with van der Waals surface area (Å²) in [7, 11) is 0. The second-order valence-corrected chi connectivity index (χ2v) is 21.2. The topological polar surface area (TPSA) is 201 Å². The largest absolute Gasteiger partial charge is 0.480 e. The van der Waals surface area contributed by atoms with Gasteiger partial charge in [-0.05, 0) is 99.8 Å². The Hall–Kier alpha value is -3.08. The van der Waals surface area contributed by atoms with E-state index >= 15 is 0 Å². The zero-order valence-corrected chi connectivity index (χ0v) is 34.6. The normalized spacial score (nSPS) is 26.9. The van der Waals surface area contributed by atoms with E-state index in [9.17, 15) is 33.9 Å². The molecule has 3 aliphatic heterocycles. The smallest absolute Gasteiger partial charge is 0.411 e. The number of hydrogen-bond acceptors (Lipinski definition) is 9. The molecule has 5 rings (SSSR count). The quantitative estimate of drug-likeness (QED) is 0.159. The molecule has 15 nitrogen and oxygen atoms in total. The predicted octanol–water partition coefficient (Wildman–Crippen LogP) is 6.45. The Bertz CT molecular complexity index is 1460. The first-order valence-electron chi connectivity index (χ1n) is 17.1. The summed E-state index contributed by atoms with van der Waals surface area (Å²) in [5.74, 6) is -2.94. The van der Waals surface area contributed by atoms with Crippen LogP contribution >= 0.6 is 31.9 Å². The Morgan fingerprint density at radius 3 is 1.37 bits per heavy atom. The summed E-state index contributed by atoms with van der Waals surface area (Å²) >= 11 is 7.06. The molecular weight excluding hydrogens is 814 g/mol. The number of likely N-dealkylation sites (tertiary alicyclic amines) is 3. The monoisotopic (exact) mass is 865 g/mol. The highest BCUT2D eigenvalue weighted by Crippen LogP contribution is 2.71. The molecule has 0 bridgehead atoms. The van der Waals surface area contributed by atoms with Crippen LogP contribution in [0, 0.1) is 10.8 Å². The molecule has 5 fully saturated rings. The van der Waals surface area contributed by atoms with Crippen LogP contribution in [0.15, 0.2) is 12.2 Å². The molecule has 2 aliphatic carbocycles. The van der Waals surface area contributed by atoms with Crippen LogP contribution in [0.4, 0.5) is 14.4 Å². The van der Waals surface area contributed by atoms with Crippen molar-refractivity contribution in [3.8, 4) is 0 Å². The van der Waals surface area contributed by atoms with E-state index in [2.05, 4.69) is 38.4 Å². The van der Waals surface area contributed by atoms with Gasteiger partial charge in [0.25, 0.3) is 0 Å². The lowest BCUT2D eigenvalue weighted by Crippen LogP contribution is -2.43. The lowest BCUT2D eigenvalue weighted by atomic mass is 10.0. The van der Waals surface area contributed by atoms with Gasteiger partial charge in [-0.3, -0.25) is 14.7 Å². The molecule has 2 saturated carbocycles. The first-order chi connectivity index (χ1) is 23.4. The molecule has 3 saturated heterocycles. The fraction of sp³-hybridized carbons (Fsp3) is 0.771. The van der Waals surface area contributed by atoms with E-state index in [-0.39, 0.29) is 20.6 Å². The average molecular weight is 868 g/mol. The van der Waals surface area contributed by atoms with Crippen molar-refractivity contribution < 1.29 is 58.3 Å². The summed E-state index contributed by atoms with van der Waals surface area (Å²) in [5.41, 5.74) is -1.23. The molecule has 294 valence electrons. The molecule has 2 spiro atoms. The summed E-state index contributed by atoms with van der Waals surface area (Å²) in [5, 5.41) is 27.4. The third-order valence-electron chi connectivity index (χ3n) is 9.10. The lowest BCUT2D eigenvalue weighted by Gasteiger charge is -2.26. The highest BCUT2D eigenvalue weighted by atomic mass is 79.9. The maximum atomic E-state index is 12.1. The maximum absolute atomic E-state index is 12.1. The van der Waals surface area contributed by atoms with Crippen LogP contribution in [0.3, 0.4) is 0 Å². The van der Waals surface area contributed by atoms with Crippen molar-refractivity contribution in [3.05, 3.63) is 12.2 Å². The summed E-state index contributed by atoms with van der Waals surface area (Å²) < 4.78 is 15.4. The summed E-state index contributed by atoms with van der Waals surface area (Å²) in [6.45, 7) is 20.8. The Labute approximate surface area is 321 Å². The van der Waals surface area contributed by atoms with Gasteiger partial charge in [0.2, 0.25) is 0 Å². The van der Waals surface area contributed by atoms with Gasteiger partial charge in [0.05, 0.1) is 3.23 Å². The van der Waals surface area contributed by atoms with Gasteiger partial charge in [-0.1, -0.05) is 44.0 Å². The molecule has 0 aromatic carbocycles. The predicted molar refractivity (Wildman–Crippen MR) is 195 cm³/mol. The number of rotatable bonds is 3. The molecule has 0 aromatic rings. The SMILES string of the molecule is C=C1C[C@@H](C(=O)O)N(C(=O)OC(C)(C)C)C1.CC(C)(C)OC(=O)N1CC2(CC2)C[C@H]1C(=O)O.CC(C)(C)OC(=O)N1CC2(C[C@H]1C(=O)O)CC2(Br)Br. The van der Waals surface area contributed by atoms with Crippen LogP contribution in [0.2, 0.25) is 0 Å². The number of halogens is 2. The van der Waals surface area contributed by atoms with Gasteiger partial charge in [-0.25, -0.2) is 28.8 Å². The minimum Gasteiger partial charge on any atom is -0.480 e. The lowest BCUT2D eigenvalue weighted by molar-refractivity contribution is -0.142. The Morgan fingerprint density at radius 2 is 1.02 bits per heavy atom. The number of aliphatic carboxylic acids is 3. The van der Waals surface area contributed by atoms with Crippen molar-refractivity contribution in [1.82, 2.24) is 14.7 Å². The standard InChI is InChI=1S/C12H17Br2NO4.C12H19NO4.C11H17NO4/c1-10(2,3)19-9(18)15-6-11(5-12(11,13)14)4-7(15)8(16)17;1-11(2,3)17-10(16)13-7-12(4-5-12)6-8(13)9(14)15;1-7-5-8(9(13)14)12(6-7)10(15)16-11(2,3)4/h7H,4-6H2,1-3H3,(H,16,17);8H,4-7H2,1-3H3,(H,14,15);8H,1,5-6H2,2-4H3,(H,13,14)/t7-,11?;2*8-/m000/s1. The maximum Gasteiger partial charge on any atom is 0.411 e. The van der Waals surface area contributed by atoms with Crippen LogP contribution in [-0.4, -0.2) is 124 Å². The van der Waals surface area contributed by atoms with E-state index < -0.39 is 71.1 Å². The third-order valence-corrected chi connectivity index (χ3v) is 11.3. The average Bonchev–Trinajstić information content (AvgIpc) is 3.51. The van der Waals surface area contributed by atoms with Gasteiger partial charge in [0.1, 0.15) is 34.9 Å². The zero-order valence-electron chi connectivity index (χ0n) is 31.4. The summed E-state index contributed by atoms with van der Waals surface area (Å²) in [4.78, 5) is 73.1. The minimum absolute atomic E-state index is 0.0694. The van der Waals surface area contributed by atoms with Crippen molar-refractivity contribution in [1.29, 1.82) is 0 Å². The first-order valence-corrected chi connectivity index (χ1v) is 18.7. The van der Waals surface area contributed by atoms with Crippen LogP contribution in [0.5, 0.6) is 0 Å².